The largest absolute Gasteiger partial charge is 0.311 e. The van der Waals surface area contributed by atoms with Crippen LogP contribution in [0.25, 0.3) is 39.3 Å². The van der Waals surface area contributed by atoms with Crippen molar-refractivity contribution in [3.63, 3.8) is 0 Å². The Kier molecular flexibility index (Phi) is 10.3. The molecule has 8 aromatic rings. The first-order chi connectivity index (χ1) is 31.7. The standard InChI is InChI=1S/C61H52N4Si/c1-60(2)56-36-41(18-32-52(56)54-34-28-49(38-58(54)60)64(45-12-10-9-11-13-45)46-22-16-43(40-62)17-23-46)14-15-42-19-33-53-55-35-29-50(39-59(55)61(3,4)57(53)37-42)65(47-24-20-44(63-5)21-25-47)48-26-30-51(31-27-48)66(6,7)8/h9-39H,1-4,6-8H3/b15-14+. The van der Waals surface area contributed by atoms with Crippen LogP contribution in [0.3, 0.4) is 0 Å². The van der Waals surface area contributed by atoms with E-state index >= 15 is 0 Å². The molecule has 0 aliphatic heterocycles. The van der Waals surface area contributed by atoms with Gasteiger partial charge in [0, 0.05) is 45.0 Å². The molecule has 0 fully saturated rings. The van der Waals surface area contributed by atoms with E-state index in [0.717, 1.165) is 34.1 Å². The van der Waals surface area contributed by atoms with Gasteiger partial charge in [-0.3, -0.25) is 0 Å². The molecule has 66 heavy (non-hydrogen) atoms. The van der Waals surface area contributed by atoms with Crippen molar-refractivity contribution in [2.24, 2.45) is 0 Å². The van der Waals surface area contributed by atoms with Crippen LogP contribution in [0.1, 0.15) is 66.6 Å². The Labute approximate surface area is 391 Å². The summed E-state index contributed by atoms with van der Waals surface area (Å²) in [5.41, 5.74) is 20.0. The van der Waals surface area contributed by atoms with Gasteiger partial charge in [-0.2, -0.15) is 5.26 Å². The molecular formula is C61H52N4Si. The first-order valence-electron chi connectivity index (χ1n) is 22.8. The summed E-state index contributed by atoms with van der Waals surface area (Å²) in [4.78, 5) is 8.25. The van der Waals surface area contributed by atoms with Gasteiger partial charge < -0.3 is 9.80 Å². The van der Waals surface area contributed by atoms with Crippen LogP contribution in [0.2, 0.25) is 19.6 Å². The second kappa shape index (κ2) is 16.1. The van der Waals surface area contributed by atoms with E-state index < -0.39 is 8.07 Å². The van der Waals surface area contributed by atoms with Crippen molar-refractivity contribution in [1.29, 1.82) is 5.26 Å². The van der Waals surface area contributed by atoms with Crippen molar-refractivity contribution in [2.45, 2.75) is 58.2 Å². The molecule has 0 unspecified atom stereocenters. The van der Waals surface area contributed by atoms with E-state index in [1.54, 1.807) is 0 Å². The Morgan fingerprint density at radius 2 is 0.848 bits per heavy atom. The number of nitriles is 1. The van der Waals surface area contributed by atoms with E-state index in [2.05, 4.69) is 214 Å². The van der Waals surface area contributed by atoms with Crippen LogP contribution >= 0.6 is 0 Å². The summed E-state index contributed by atoms with van der Waals surface area (Å²) >= 11 is 0. The molecule has 0 N–H and O–H groups in total. The summed E-state index contributed by atoms with van der Waals surface area (Å²) in [6.07, 6.45) is 4.51. The number of rotatable bonds is 9. The van der Waals surface area contributed by atoms with Gasteiger partial charge in [0.1, 0.15) is 0 Å². The highest BCUT2D eigenvalue weighted by Crippen LogP contribution is 2.53. The van der Waals surface area contributed by atoms with Crippen molar-refractivity contribution in [1.82, 2.24) is 0 Å². The van der Waals surface area contributed by atoms with Crippen molar-refractivity contribution < 1.29 is 0 Å². The third kappa shape index (κ3) is 7.33. The average Bonchev–Trinajstić information content (AvgIpc) is 3.69. The molecular weight excluding hydrogens is 817 g/mol. The third-order valence-electron chi connectivity index (χ3n) is 13.8. The maximum Gasteiger partial charge on any atom is 0.187 e. The van der Waals surface area contributed by atoms with Crippen LogP contribution in [0.5, 0.6) is 0 Å². The highest BCUT2D eigenvalue weighted by molar-refractivity contribution is 6.88. The van der Waals surface area contributed by atoms with Crippen molar-refractivity contribution >= 4 is 65.2 Å². The third-order valence-corrected chi connectivity index (χ3v) is 15.9. The summed E-state index contributed by atoms with van der Waals surface area (Å²) in [6.45, 7) is 24.1. The van der Waals surface area contributed by atoms with Gasteiger partial charge in [-0.05, 0) is 141 Å². The molecule has 4 nitrogen and oxygen atoms in total. The number of benzene rings is 8. The summed E-state index contributed by atoms with van der Waals surface area (Å²) in [7, 11) is -1.47. The molecule has 2 aliphatic rings. The molecule has 0 atom stereocenters. The second-order valence-electron chi connectivity index (χ2n) is 19.7. The molecule has 0 amide bonds. The molecule has 0 radical (unpaired) electrons. The summed E-state index contributed by atoms with van der Waals surface area (Å²) in [5.74, 6) is 0. The predicted molar refractivity (Wildman–Crippen MR) is 280 cm³/mol. The minimum atomic E-state index is -1.47. The van der Waals surface area contributed by atoms with Crippen molar-refractivity contribution in [3.8, 4) is 28.3 Å². The zero-order valence-electron chi connectivity index (χ0n) is 38.7. The molecule has 0 spiro atoms. The van der Waals surface area contributed by atoms with Crippen LogP contribution in [0.15, 0.2) is 176 Å². The fraction of sp³-hybridized carbons (Fsp3) is 0.148. The SMILES string of the molecule is [C-]#[N+]c1ccc(N(c2ccc([Si](C)(C)C)cc2)c2ccc3c(c2)C(C)(C)c2cc(/C=C/c4ccc5c(c4)C(C)(C)c4cc(N(c6ccccc6)c6ccc(C#N)cc6)ccc4-5)ccc2-3)cc1. The lowest BCUT2D eigenvalue weighted by atomic mass is 9.81. The van der Waals surface area contributed by atoms with E-state index in [9.17, 15) is 5.26 Å². The monoisotopic (exact) mass is 868 g/mol. The van der Waals surface area contributed by atoms with Gasteiger partial charge in [-0.15, -0.1) is 0 Å². The van der Waals surface area contributed by atoms with Gasteiger partial charge in [-0.25, -0.2) is 4.85 Å². The van der Waals surface area contributed by atoms with E-state index in [-0.39, 0.29) is 10.8 Å². The maximum atomic E-state index is 9.48. The lowest BCUT2D eigenvalue weighted by Gasteiger charge is -2.29. The highest BCUT2D eigenvalue weighted by Gasteiger charge is 2.38. The van der Waals surface area contributed by atoms with Gasteiger partial charge in [0.05, 0.1) is 26.3 Å². The molecule has 0 saturated carbocycles. The zero-order chi connectivity index (χ0) is 46.0. The molecule has 0 heterocycles. The Hall–Kier alpha value is -7.70. The first kappa shape index (κ1) is 42.3. The van der Waals surface area contributed by atoms with E-state index in [1.165, 1.54) is 60.8 Å². The van der Waals surface area contributed by atoms with Gasteiger partial charge in [0.2, 0.25) is 0 Å². The Morgan fingerprint density at radius 1 is 0.470 bits per heavy atom. The fourth-order valence-electron chi connectivity index (χ4n) is 10.1. The van der Waals surface area contributed by atoms with E-state index in [0.29, 0.717) is 11.3 Å². The minimum absolute atomic E-state index is 0.214. The molecule has 10 rings (SSSR count). The van der Waals surface area contributed by atoms with Gasteiger partial charge >= 0.3 is 0 Å². The lowest BCUT2D eigenvalue weighted by molar-refractivity contribution is 0.660. The Morgan fingerprint density at radius 3 is 1.27 bits per heavy atom. The van der Waals surface area contributed by atoms with E-state index in [1.807, 2.05) is 42.5 Å². The molecule has 2 aliphatic carbocycles. The van der Waals surface area contributed by atoms with E-state index in [4.69, 9.17) is 6.57 Å². The number of para-hydroxylation sites is 1. The minimum Gasteiger partial charge on any atom is -0.311 e. The first-order valence-corrected chi connectivity index (χ1v) is 26.3. The molecule has 0 saturated heterocycles. The topological polar surface area (TPSA) is 34.6 Å². The number of nitrogens with zero attached hydrogens (tertiary/aromatic N) is 4. The van der Waals surface area contributed by atoms with Crippen molar-refractivity contribution in [3.05, 3.63) is 226 Å². The Balaban J connectivity index is 0.937. The Bertz CT molecular complexity index is 3290. The summed E-state index contributed by atoms with van der Waals surface area (Å²) in [5, 5.41) is 10.9. The second-order valence-corrected chi connectivity index (χ2v) is 24.8. The van der Waals surface area contributed by atoms with Crippen LogP contribution < -0.4 is 15.0 Å². The molecule has 0 bridgehead atoms. The van der Waals surface area contributed by atoms with Crippen LogP contribution in [0, 0.1) is 17.9 Å². The summed E-state index contributed by atoms with van der Waals surface area (Å²) in [6, 6.07) is 65.1. The van der Waals surface area contributed by atoms with Gasteiger partial charge in [-0.1, -0.05) is 156 Å². The smallest absolute Gasteiger partial charge is 0.187 e. The quantitative estimate of drug-likeness (QED) is 0.0823. The zero-order valence-corrected chi connectivity index (χ0v) is 39.7. The van der Waals surface area contributed by atoms with Gasteiger partial charge in [0.25, 0.3) is 0 Å². The van der Waals surface area contributed by atoms with Crippen molar-refractivity contribution in [2.75, 3.05) is 9.80 Å². The molecule has 8 aromatic carbocycles. The van der Waals surface area contributed by atoms with Gasteiger partial charge in [0.15, 0.2) is 5.69 Å². The molecule has 0 aromatic heterocycles. The van der Waals surface area contributed by atoms with Crippen LogP contribution in [-0.4, -0.2) is 8.07 Å². The molecule has 320 valence electrons. The summed E-state index contributed by atoms with van der Waals surface area (Å²) < 4.78 is 0. The lowest BCUT2D eigenvalue weighted by Crippen LogP contribution is -2.37. The molecule has 5 heteroatoms. The van der Waals surface area contributed by atoms with Crippen LogP contribution in [-0.2, 0) is 10.8 Å². The number of fused-ring (bicyclic) bond motifs is 6. The fourth-order valence-corrected chi connectivity index (χ4v) is 11.3. The number of anilines is 6. The maximum absolute atomic E-state index is 9.48. The van der Waals surface area contributed by atoms with Crippen LogP contribution in [0.4, 0.5) is 39.8 Å². The predicted octanol–water partition coefficient (Wildman–Crippen LogP) is 16.4. The number of hydrogen-bond donors (Lipinski definition) is 0. The normalized spacial score (nSPS) is 13.8. The average molecular weight is 869 g/mol. The highest BCUT2D eigenvalue weighted by atomic mass is 28.3. The number of hydrogen-bond acceptors (Lipinski definition) is 3.